The van der Waals surface area contributed by atoms with Gasteiger partial charge in [0.1, 0.15) is 0 Å². The molecule has 4 nitrogen and oxygen atoms in total. The molecule has 0 saturated heterocycles. The highest BCUT2D eigenvalue weighted by Gasteiger charge is 2.05. The molecule has 22 heavy (non-hydrogen) atoms. The molecule has 4 heteroatoms. The molecule has 0 fully saturated rings. The van der Waals surface area contributed by atoms with Crippen molar-refractivity contribution in [2.24, 2.45) is 5.73 Å². The number of hydrogen-bond acceptors (Lipinski definition) is 3. The second-order valence-corrected chi connectivity index (χ2v) is 5.10. The topological polar surface area (TPSA) is 72.2 Å². The maximum absolute atomic E-state index is 12.2. The summed E-state index contributed by atoms with van der Waals surface area (Å²) in [6, 6.07) is 12.5. The average Bonchev–Trinajstić information content (AvgIpc) is 2.50. The Morgan fingerprint density at radius 2 is 1.73 bits per heavy atom. The maximum Gasteiger partial charge on any atom is 0.248 e. The lowest BCUT2D eigenvalue weighted by Gasteiger charge is -2.04. The fourth-order valence-corrected chi connectivity index (χ4v) is 2.04. The molecule has 0 aliphatic rings. The van der Waals surface area contributed by atoms with E-state index in [0.717, 1.165) is 16.8 Å². The van der Waals surface area contributed by atoms with Gasteiger partial charge in [-0.3, -0.25) is 9.59 Å². The van der Waals surface area contributed by atoms with Gasteiger partial charge in [-0.1, -0.05) is 17.7 Å². The molecule has 0 aliphatic heterocycles. The summed E-state index contributed by atoms with van der Waals surface area (Å²) in [7, 11) is 0. The number of allylic oxidation sites excluding steroid dienone is 1. The van der Waals surface area contributed by atoms with E-state index in [1.165, 1.54) is 6.08 Å². The Morgan fingerprint density at radius 3 is 2.36 bits per heavy atom. The van der Waals surface area contributed by atoms with Gasteiger partial charge < -0.3 is 11.1 Å². The number of primary amides is 1. The first-order valence-corrected chi connectivity index (χ1v) is 6.92. The Bertz CT molecular complexity index is 731. The molecule has 0 spiro atoms. The zero-order valence-corrected chi connectivity index (χ0v) is 12.6. The molecule has 0 atom stereocenters. The zero-order chi connectivity index (χ0) is 16.1. The van der Waals surface area contributed by atoms with E-state index in [9.17, 15) is 9.59 Å². The molecule has 2 aromatic carbocycles. The third kappa shape index (κ3) is 3.82. The second kappa shape index (κ2) is 6.72. The van der Waals surface area contributed by atoms with E-state index < -0.39 is 5.91 Å². The van der Waals surface area contributed by atoms with Crippen LogP contribution in [0.4, 0.5) is 5.69 Å². The molecule has 1 amide bonds. The molecule has 112 valence electrons. The molecule has 0 aromatic heterocycles. The van der Waals surface area contributed by atoms with Crippen LogP contribution >= 0.6 is 0 Å². The average molecular weight is 294 g/mol. The minimum absolute atomic E-state index is 0.0533. The van der Waals surface area contributed by atoms with E-state index in [4.69, 9.17) is 5.73 Å². The quantitative estimate of drug-likeness (QED) is 0.657. The summed E-state index contributed by atoms with van der Waals surface area (Å²) in [5, 5.41) is 2.99. The number of carbonyl (C=O) groups excluding carboxylic acids is 2. The van der Waals surface area contributed by atoms with Gasteiger partial charge in [-0.15, -0.1) is 0 Å². The predicted octanol–water partition coefficient (Wildman–Crippen LogP) is 3.21. The molecule has 2 aromatic rings. The Hall–Kier alpha value is -2.88. The van der Waals surface area contributed by atoms with Gasteiger partial charge >= 0.3 is 0 Å². The van der Waals surface area contributed by atoms with Crippen LogP contribution < -0.4 is 11.1 Å². The van der Waals surface area contributed by atoms with Crippen molar-refractivity contribution in [1.82, 2.24) is 0 Å². The third-order valence-electron chi connectivity index (χ3n) is 3.31. The number of hydrogen-bond donors (Lipinski definition) is 2. The standard InChI is InChI=1S/C18H18N2O2/c1-12-3-4-13(2)16(11-12)17(21)9-10-20-15-7-5-14(6-8-15)18(19)22/h3-11,20H,1-2H3,(H2,19,22). The van der Waals surface area contributed by atoms with Crippen molar-refractivity contribution >= 4 is 17.4 Å². The van der Waals surface area contributed by atoms with Crippen LogP contribution in [-0.2, 0) is 0 Å². The molecular weight excluding hydrogens is 276 g/mol. The van der Waals surface area contributed by atoms with Gasteiger partial charge in [-0.2, -0.15) is 0 Å². The third-order valence-corrected chi connectivity index (χ3v) is 3.31. The summed E-state index contributed by atoms with van der Waals surface area (Å²) in [4.78, 5) is 23.1. The van der Waals surface area contributed by atoms with Crippen molar-refractivity contribution in [3.8, 4) is 0 Å². The Kier molecular flexibility index (Phi) is 4.73. The molecule has 0 aliphatic carbocycles. The number of ketones is 1. The van der Waals surface area contributed by atoms with Crippen molar-refractivity contribution in [2.45, 2.75) is 13.8 Å². The summed E-state index contributed by atoms with van der Waals surface area (Å²) in [6.45, 7) is 3.87. The van der Waals surface area contributed by atoms with E-state index >= 15 is 0 Å². The van der Waals surface area contributed by atoms with Crippen LogP contribution in [0.2, 0.25) is 0 Å². The summed E-state index contributed by atoms with van der Waals surface area (Å²) in [5.41, 5.74) is 9.09. The molecular formula is C18H18N2O2. The lowest BCUT2D eigenvalue weighted by atomic mass is 10.0. The normalized spacial score (nSPS) is 10.6. The van der Waals surface area contributed by atoms with Crippen LogP contribution in [-0.4, -0.2) is 11.7 Å². The lowest BCUT2D eigenvalue weighted by Crippen LogP contribution is -2.10. The largest absolute Gasteiger partial charge is 0.366 e. The van der Waals surface area contributed by atoms with E-state index in [1.807, 2.05) is 32.0 Å². The number of rotatable bonds is 5. The van der Waals surface area contributed by atoms with Crippen LogP contribution in [0.1, 0.15) is 31.8 Å². The summed E-state index contributed by atoms with van der Waals surface area (Å²) < 4.78 is 0. The summed E-state index contributed by atoms with van der Waals surface area (Å²) in [5.74, 6) is -0.519. The predicted molar refractivity (Wildman–Crippen MR) is 88.0 cm³/mol. The highest BCUT2D eigenvalue weighted by atomic mass is 16.1. The van der Waals surface area contributed by atoms with Gasteiger partial charge in [0.25, 0.3) is 0 Å². The molecule has 3 N–H and O–H groups in total. The minimum atomic E-state index is -0.466. The smallest absolute Gasteiger partial charge is 0.248 e. The van der Waals surface area contributed by atoms with Crippen molar-refractivity contribution in [3.05, 3.63) is 77.0 Å². The fourth-order valence-electron chi connectivity index (χ4n) is 2.04. The number of nitrogens with one attached hydrogen (secondary N) is 1. The van der Waals surface area contributed by atoms with E-state index in [1.54, 1.807) is 30.5 Å². The Morgan fingerprint density at radius 1 is 1.05 bits per heavy atom. The molecule has 0 saturated carbocycles. The molecule has 2 rings (SSSR count). The van der Waals surface area contributed by atoms with E-state index in [-0.39, 0.29) is 5.78 Å². The van der Waals surface area contributed by atoms with Crippen LogP contribution in [0, 0.1) is 13.8 Å². The summed E-state index contributed by atoms with van der Waals surface area (Å²) >= 11 is 0. The number of aryl methyl sites for hydroxylation is 2. The highest BCUT2D eigenvalue weighted by Crippen LogP contribution is 2.13. The molecule has 0 bridgehead atoms. The molecule has 0 unspecified atom stereocenters. The van der Waals surface area contributed by atoms with E-state index in [2.05, 4.69) is 5.32 Å². The number of nitrogens with two attached hydrogens (primary N) is 1. The first kappa shape index (κ1) is 15.5. The van der Waals surface area contributed by atoms with Gasteiger partial charge in [0.05, 0.1) is 0 Å². The lowest BCUT2D eigenvalue weighted by molar-refractivity contribution is 0.0999. The second-order valence-electron chi connectivity index (χ2n) is 5.10. The minimum Gasteiger partial charge on any atom is -0.366 e. The first-order valence-electron chi connectivity index (χ1n) is 6.92. The Labute approximate surface area is 129 Å². The summed E-state index contributed by atoms with van der Waals surface area (Å²) in [6.07, 6.45) is 3.08. The van der Waals surface area contributed by atoms with Gasteiger partial charge in [-0.25, -0.2) is 0 Å². The fraction of sp³-hybridized carbons (Fsp3) is 0.111. The zero-order valence-electron chi connectivity index (χ0n) is 12.6. The van der Waals surface area contributed by atoms with Crippen LogP contribution in [0.15, 0.2) is 54.7 Å². The molecule has 0 heterocycles. The number of carbonyl (C=O) groups is 2. The van der Waals surface area contributed by atoms with Gasteiger partial charge in [0.2, 0.25) is 5.91 Å². The number of benzene rings is 2. The van der Waals surface area contributed by atoms with Crippen molar-refractivity contribution in [3.63, 3.8) is 0 Å². The van der Waals surface area contributed by atoms with Crippen LogP contribution in [0.25, 0.3) is 0 Å². The first-order chi connectivity index (χ1) is 10.5. The van der Waals surface area contributed by atoms with Crippen LogP contribution in [0.5, 0.6) is 0 Å². The van der Waals surface area contributed by atoms with Crippen molar-refractivity contribution in [2.75, 3.05) is 5.32 Å². The van der Waals surface area contributed by atoms with Gasteiger partial charge in [0.15, 0.2) is 5.78 Å². The van der Waals surface area contributed by atoms with Crippen LogP contribution in [0.3, 0.4) is 0 Å². The number of anilines is 1. The van der Waals surface area contributed by atoms with Crippen molar-refractivity contribution < 1.29 is 9.59 Å². The van der Waals surface area contributed by atoms with Gasteiger partial charge in [0, 0.05) is 29.1 Å². The Balaban J connectivity index is 2.04. The van der Waals surface area contributed by atoms with Gasteiger partial charge in [-0.05, 0) is 49.7 Å². The maximum atomic E-state index is 12.2. The van der Waals surface area contributed by atoms with E-state index in [0.29, 0.717) is 11.1 Å². The monoisotopic (exact) mass is 294 g/mol. The van der Waals surface area contributed by atoms with Crippen molar-refractivity contribution in [1.29, 1.82) is 0 Å². The molecule has 0 radical (unpaired) electrons. The highest BCUT2D eigenvalue weighted by molar-refractivity contribution is 6.05. The number of amides is 1. The SMILES string of the molecule is Cc1ccc(C)c(C(=O)C=CNc2ccc(C(N)=O)cc2)c1.